The Kier molecular flexibility index (Phi) is 5.53. The van der Waals surface area contributed by atoms with Gasteiger partial charge in [-0.25, -0.2) is 4.39 Å². The normalized spacial score (nSPS) is 16.7. The summed E-state index contributed by atoms with van der Waals surface area (Å²) >= 11 is 6.38. The van der Waals surface area contributed by atoms with E-state index in [9.17, 15) is 9.18 Å². The lowest BCUT2D eigenvalue weighted by Crippen LogP contribution is -2.21. The highest BCUT2D eigenvalue weighted by atomic mass is 32.2. The summed E-state index contributed by atoms with van der Waals surface area (Å²) in [7, 11) is 0. The third-order valence-electron chi connectivity index (χ3n) is 3.30. The summed E-state index contributed by atoms with van der Waals surface area (Å²) in [6, 6.07) is 15.7. The van der Waals surface area contributed by atoms with Gasteiger partial charge in [0.05, 0.1) is 4.91 Å². The fourth-order valence-electron chi connectivity index (χ4n) is 2.09. The molecule has 1 aliphatic heterocycles. The fourth-order valence-corrected chi connectivity index (χ4v) is 3.27. The second-order valence-corrected chi connectivity index (χ2v) is 6.76. The Bertz CT molecular complexity index is 874. The molecule has 3 nitrogen and oxygen atoms in total. The van der Waals surface area contributed by atoms with E-state index in [1.54, 1.807) is 24.3 Å². The Balaban J connectivity index is 1.70. The van der Waals surface area contributed by atoms with Crippen LogP contribution in [0, 0.1) is 5.82 Å². The maximum atomic E-state index is 12.9. The van der Waals surface area contributed by atoms with Crippen molar-refractivity contribution in [1.82, 2.24) is 5.01 Å². The number of rotatable bonds is 4. The number of carbonyl (C=O) groups excluding carboxylic acids is 1. The van der Waals surface area contributed by atoms with E-state index in [4.69, 9.17) is 12.2 Å². The van der Waals surface area contributed by atoms with Crippen molar-refractivity contribution in [2.45, 2.75) is 0 Å². The number of benzene rings is 2. The number of thiocarbonyl (C=S) groups is 1. The highest BCUT2D eigenvalue weighted by molar-refractivity contribution is 8.26. The standard InChI is InChI=1S/C19H13FN2OS2/c20-16-10-8-15(9-11-16)13-17-18(23)22(19(24)25-17)21-12-4-7-14-5-2-1-3-6-14/h1-13H/b7-4-,17-13+,21-12+. The smallest absolute Gasteiger partial charge is 0.266 e. The molecule has 0 aliphatic carbocycles. The molecular weight excluding hydrogens is 355 g/mol. The third kappa shape index (κ3) is 4.49. The van der Waals surface area contributed by atoms with Crippen LogP contribution in [0.4, 0.5) is 4.39 Å². The zero-order chi connectivity index (χ0) is 17.6. The molecular formula is C19H13FN2OS2. The van der Waals surface area contributed by atoms with E-state index in [-0.39, 0.29) is 11.7 Å². The average molecular weight is 368 g/mol. The van der Waals surface area contributed by atoms with Gasteiger partial charge >= 0.3 is 0 Å². The molecule has 1 fully saturated rings. The molecule has 1 saturated heterocycles. The molecule has 2 aromatic carbocycles. The number of thioether (sulfide) groups is 1. The number of amides is 1. The predicted octanol–water partition coefficient (Wildman–Crippen LogP) is 4.73. The van der Waals surface area contributed by atoms with Crippen LogP contribution in [-0.4, -0.2) is 21.5 Å². The van der Waals surface area contributed by atoms with Gasteiger partial charge in [0.15, 0.2) is 4.32 Å². The summed E-state index contributed by atoms with van der Waals surface area (Å²) in [5.74, 6) is -0.608. The fraction of sp³-hybridized carbons (Fsp3) is 0. The van der Waals surface area contributed by atoms with Gasteiger partial charge in [0.1, 0.15) is 5.82 Å². The van der Waals surface area contributed by atoms with Crippen molar-refractivity contribution in [2.75, 3.05) is 0 Å². The van der Waals surface area contributed by atoms with E-state index in [1.165, 1.54) is 35.1 Å². The van der Waals surface area contributed by atoms with Gasteiger partial charge in [-0.1, -0.05) is 60.3 Å². The molecule has 3 rings (SSSR count). The van der Waals surface area contributed by atoms with Crippen molar-refractivity contribution in [3.05, 3.63) is 82.5 Å². The van der Waals surface area contributed by atoms with Gasteiger partial charge in [0.25, 0.3) is 5.91 Å². The lowest BCUT2D eigenvalue weighted by molar-refractivity contribution is -0.122. The van der Waals surface area contributed by atoms with Crippen LogP contribution in [0.3, 0.4) is 0 Å². The van der Waals surface area contributed by atoms with Crippen molar-refractivity contribution in [2.24, 2.45) is 5.10 Å². The highest BCUT2D eigenvalue weighted by Crippen LogP contribution is 2.32. The molecule has 0 atom stereocenters. The van der Waals surface area contributed by atoms with Crippen LogP contribution in [0.25, 0.3) is 12.2 Å². The van der Waals surface area contributed by atoms with E-state index >= 15 is 0 Å². The second-order valence-electron chi connectivity index (χ2n) is 5.08. The maximum absolute atomic E-state index is 12.9. The summed E-state index contributed by atoms with van der Waals surface area (Å²) in [4.78, 5) is 12.8. The van der Waals surface area contributed by atoms with Gasteiger partial charge in [0, 0.05) is 6.21 Å². The SMILES string of the molecule is O=C1/C(=C\c2ccc(F)cc2)SC(=S)N1/N=C/C=C\c1ccccc1. The molecule has 124 valence electrons. The number of hydrazone groups is 1. The molecule has 1 amide bonds. The Hall–Kier alpha value is -2.57. The molecule has 2 aromatic rings. The minimum Gasteiger partial charge on any atom is -0.266 e. The van der Waals surface area contributed by atoms with Gasteiger partial charge in [-0.2, -0.15) is 10.1 Å². The van der Waals surface area contributed by atoms with Crippen LogP contribution in [-0.2, 0) is 4.79 Å². The van der Waals surface area contributed by atoms with Crippen molar-refractivity contribution >= 4 is 52.6 Å². The minimum atomic E-state index is -0.320. The maximum Gasteiger partial charge on any atom is 0.286 e. The Morgan fingerprint density at radius 3 is 2.48 bits per heavy atom. The number of hydrogen-bond acceptors (Lipinski definition) is 4. The molecule has 0 N–H and O–H groups in total. The number of carbonyl (C=O) groups is 1. The van der Waals surface area contributed by atoms with Crippen LogP contribution in [0.15, 0.2) is 70.7 Å². The van der Waals surface area contributed by atoms with E-state index in [2.05, 4.69) is 5.10 Å². The quantitative estimate of drug-likeness (QED) is 0.444. The zero-order valence-corrected chi connectivity index (χ0v) is 14.6. The molecule has 1 heterocycles. The predicted molar refractivity (Wildman–Crippen MR) is 105 cm³/mol. The molecule has 0 radical (unpaired) electrons. The first-order valence-electron chi connectivity index (χ1n) is 7.43. The van der Waals surface area contributed by atoms with Gasteiger partial charge < -0.3 is 0 Å². The van der Waals surface area contributed by atoms with E-state index in [0.29, 0.717) is 9.23 Å². The minimum absolute atomic E-state index is 0.288. The molecule has 25 heavy (non-hydrogen) atoms. The van der Waals surface area contributed by atoms with Gasteiger partial charge in [0.2, 0.25) is 0 Å². The Morgan fingerprint density at radius 2 is 1.76 bits per heavy atom. The van der Waals surface area contributed by atoms with Crippen molar-refractivity contribution in [1.29, 1.82) is 0 Å². The molecule has 6 heteroatoms. The first-order valence-corrected chi connectivity index (χ1v) is 8.65. The van der Waals surface area contributed by atoms with E-state index in [0.717, 1.165) is 11.1 Å². The number of hydrogen-bond donors (Lipinski definition) is 0. The first-order chi connectivity index (χ1) is 12.1. The molecule has 0 saturated carbocycles. The lowest BCUT2D eigenvalue weighted by Gasteiger charge is -2.04. The third-order valence-corrected chi connectivity index (χ3v) is 4.58. The topological polar surface area (TPSA) is 32.7 Å². The van der Waals surface area contributed by atoms with Crippen molar-refractivity contribution in [3.63, 3.8) is 0 Å². The Labute approximate surface area is 154 Å². The van der Waals surface area contributed by atoms with Crippen LogP contribution >= 0.6 is 24.0 Å². The molecule has 0 aromatic heterocycles. The summed E-state index contributed by atoms with van der Waals surface area (Å²) in [6.45, 7) is 0. The summed E-state index contributed by atoms with van der Waals surface area (Å²) < 4.78 is 13.3. The molecule has 1 aliphatic rings. The van der Waals surface area contributed by atoms with E-state index in [1.807, 2.05) is 36.4 Å². The molecule has 0 bridgehead atoms. The van der Waals surface area contributed by atoms with Crippen LogP contribution < -0.4 is 0 Å². The molecule has 0 spiro atoms. The summed E-state index contributed by atoms with van der Waals surface area (Å²) in [5.41, 5.74) is 1.77. The zero-order valence-electron chi connectivity index (χ0n) is 13.0. The number of allylic oxidation sites excluding steroid dienone is 1. The van der Waals surface area contributed by atoms with Gasteiger partial charge in [-0.15, -0.1) is 0 Å². The van der Waals surface area contributed by atoms with Gasteiger partial charge in [-0.05, 0) is 47.6 Å². The van der Waals surface area contributed by atoms with Crippen molar-refractivity contribution in [3.8, 4) is 0 Å². The lowest BCUT2D eigenvalue weighted by atomic mass is 10.2. The summed E-state index contributed by atoms with van der Waals surface area (Å²) in [5, 5.41) is 5.30. The average Bonchev–Trinajstić information content (AvgIpc) is 2.88. The number of halogens is 1. The first kappa shape index (κ1) is 17.3. The largest absolute Gasteiger partial charge is 0.286 e. The van der Waals surface area contributed by atoms with E-state index < -0.39 is 0 Å². The monoisotopic (exact) mass is 368 g/mol. The van der Waals surface area contributed by atoms with Crippen molar-refractivity contribution < 1.29 is 9.18 Å². The van der Waals surface area contributed by atoms with Gasteiger partial charge in [-0.3, -0.25) is 4.79 Å². The Morgan fingerprint density at radius 1 is 1.04 bits per heavy atom. The van der Waals surface area contributed by atoms with Crippen LogP contribution in [0.5, 0.6) is 0 Å². The second kappa shape index (κ2) is 8.00. The molecule has 0 unspecified atom stereocenters. The summed E-state index contributed by atoms with van der Waals surface area (Å²) in [6.07, 6.45) is 6.83. The van der Waals surface area contributed by atoms with Crippen LogP contribution in [0.1, 0.15) is 11.1 Å². The highest BCUT2D eigenvalue weighted by Gasteiger charge is 2.31. The number of nitrogens with zero attached hydrogens (tertiary/aromatic N) is 2. The van der Waals surface area contributed by atoms with Crippen LogP contribution in [0.2, 0.25) is 0 Å².